The lowest BCUT2D eigenvalue weighted by Gasteiger charge is -2.56. The maximum Gasteiger partial charge on any atom is 0.416 e. The molecule has 5 rings (SSSR count). The first-order chi connectivity index (χ1) is 18.4. The largest absolute Gasteiger partial charge is 0.416 e. The maximum atomic E-state index is 14.8. The molecule has 0 N–H and O–H groups in total. The van der Waals surface area contributed by atoms with E-state index in [0.29, 0.717) is 5.56 Å². The Morgan fingerprint density at radius 1 is 1.13 bits per heavy atom. The number of carbonyl (C=O) groups excluding carboxylic acids is 2. The van der Waals surface area contributed by atoms with Gasteiger partial charge in [0.25, 0.3) is 5.91 Å². The van der Waals surface area contributed by atoms with Crippen molar-refractivity contribution in [1.82, 2.24) is 15.0 Å². The van der Waals surface area contributed by atoms with Gasteiger partial charge >= 0.3 is 12.6 Å². The molecule has 1 saturated heterocycles. The van der Waals surface area contributed by atoms with Crippen molar-refractivity contribution in [3.63, 3.8) is 0 Å². The van der Waals surface area contributed by atoms with Gasteiger partial charge in [-0.15, -0.1) is 0 Å². The Morgan fingerprint density at radius 2 is 1.82 bits per heavy atom. The summed E-state index contributed by atoms with van der Waals surface area (Å²) in [7, 11) is 0. The minimum absolute atomic E-state index is 0.000569. The maximum absolute atomic E-state index is 14.8. The lowest BCUT2D eigenvalue weighted by atomic mass is 9.65. The molecule has 0 radical (unpaired) electrons. The summed E-state index contributed by atoms with van der Waals surface area (Å²) in [6.45, 7) is -0.796. The first kappa shape index (κ1) is 26.2. The number of alkyl halides is 5. The van der Waals surface area contributed by atoms with Gasteiger partial charge in [0.05, 0.1) is 22.9 Å². The third kappa shape index (κ3) is 4.58. The van der Waals surface area contributed by atoms with Crippen LogP contribution in [-0.2, 0) is 22.3 Å². The number of halogens is 6. The van der Waals surface area contributed by atoms with Gasteiger partial charge in [-0.05, 0) is 48.7 Å². The van der Waals surface area contributed by atoms with E-state index in [1.54, 1.807) is 6.07 Å². The molecule has 1 spiro atoms. The second kappa shape index (κ2) is 9.40. The quantitative estimate of drug-likeness (QED) is 0.427. The highest BCUT2D eigenvalue weighted by Gasteiger charge is 2.61. The number of anilines is 1. The van der Waals surface area contributed by atoms with Crippen molar-refractivity contribution in [2.24, 2.45) is 0 Å². The van der Waals surface area contributed by atoms with Crippen LogP contribution in [0.15, 0.2) is 47.0 Å². The Morgan fingerprint density at radius 3 is 2.38 bits per heavy atom. The van der Waals surface area contributed by atoms with Gasteiger partial charge in [0.1, 0.15) is 17.9 Å². The fraction of sp³-hybridized carbons (Fsp3) is 0.320. The van der Waals surface area contributed by atoms with Crippen LogP contribution in [0.3, 0.4) is 0 Å². The summed E-state index contributed by atoms with van der Waals surface area (Å²) in [4.78, 5) is 33.0. The second-order valence-electron chi connectivity index (χ2n) is 9.27. The topological polar surface area (TPSA) is 103 Å². The first-order valence-electron chi connectivity index (χ1n) is 11.5. The Balaban J connectivity index is 1.48. The SMILES string of the molecule is N#Cc1ccc(N2CC(=O)N(Cc3ccc(C(F)(F)F)cc3)C3(CC(c4nc(C(F)F)no4)C3)C2=O)c(F)c1. The highest BCUT2D eigenvalue weighted by atomic mass is 19.4. The summed E-state index contributed by atoms with van der Waals surface area (Å²) in [6.07, 6.45) is -7.81. The van der Waals surface area contributed by atoms with E-state index < -0.39 is 59.6 Å². The van der Waals surface area contributed by atoms with Crippen molar-refractivity contribution in [3.8, 4) is 6.07 Å². The molecule has 2 fully saturated rings. The number of aromatic nitrogens is 2. The standard InChI is InChI=1S/C25H17F6N5O3/c26-17-7-14(10-32)3-6-18(17)35-12-19(37)36(11-13-1-4-16(5-2-13)25(29,30)31)24(23(35)38)8-15(9-24)22-33-21(20(27)28)34-39-22/h1-7,15,20H,8-9,11-12H2. The van der Waals surface area contributed by atoms with E-state index in [2.05, 4.69) is 10.1 Å². The fourth-order valence-electron chi connectivity index (χ4n) is 4.94. The summed E-state index contributed by atoms with van der Waals surface area (Å²) in [5.41, 5.74) is -2.40. The molecule has 0 bridgehead atoms. The van der Waals surface area contributed by atoms with E-state index in [1.807, 2.05) is 0 Å². The minimum atomic E-state index is -4.56. The number of carbonyl (C=O) groups is 2. The molecule has 8 nitrogen and oxygen atoms in total. The number of hydrogen-bond donors (Lipinski definition) is 0. The van der Waals surface area contributed by atoms with Gasteiger partial charge in [0.2, 0.25) is 17.6 Å². The molecule has 202 valence electrons. The predicted octanol–water partition coefficient (Wildman–Crippen LogP) is 4.73. The zero-order valence-electron chi connectivity index (χ0n) is 19.8. The third-order valence-electron chi connectivity index (χ3n) is 6.91. The average Bonchev–Trinajstić information content (AvgIpc) is 3.35. The van der Waals surface area contributed by atoms with Gasteiger partial charge in [-0.2, -0.15) is 23.4 Å². The van der Waals surface area contributed by atoms with Crippen molar-refractivity contribution in [2.75, 3.05) is 11.4 Å². The van der Waals surface area contributed by atoms with Gasteiger partial charge in [-0.25, -0.2) is 13.2 Å². The van der Waals surface area contributed by atoms with Crippen LogP contribution in [0, 0.1) is 17.1 Å². The van der Waals surface area contributed by atoms with Crippen molar-refractivity contribution >= 4 is 17.5 Å². The van der Waals surface area contributed by atoms with Crippen molar-refractivity contribution in [3.05, 3.63) is 76.7 Å². The van der Waals surface area contributed by atoms with Gasteiger partial charge in [0, 0.05) is 12.5 Å². The van der Waals surface area contributed by atoms with Crippen LogP contribution >= 0.6 is 0 Å². The summed E-state index contributed by atoms with van der Waals surface area (Å²) in [6, 6.07) is 9.24. The van der Waals surface area contributed by atoms with E-state index in [0.717, 1.165) is 23.1 Å². The van der Waals surface area contributed by atoms with Gasteiger partial charge < -0.3 is 9.42 Å². The Bertz CT molecular complexity index is 1470. The van der Waals surface area contributed by atoms with E-state index in [-0.39, 0.29) is 36.5 Å². The molecule has 0 unspecified atom stereocenters. The highest BCUT2D eigenvalue weighted by Crippen LogP contribution is 2.51. The van der Waals surface area contributed by atoms with Crippen LogP contribution in [0.4, 0.5) is 32.0 Å². The lowest BCUT2D eigenvalue weighted by Crippen LogP contribution is -2.72. The zero-order chi connectivity index (χ0) is 28.1. The van der Waals surface area contributed by atoms with E-state index >= 15 is 0 Å². The fourth-order valence-corrected chi connectivity index (χ4v) is 4.94. The zero-order valence-corrected chi connectivity index (χ0v) is 19.8. The van der Waals surface area contributed by atoms with E-state index in [1.165, 1.54) is 29.2 Å². The van der Waals surface area contributed by atoms with E-state index in [4.69, 9.17) is 9.78 Å². The van der Waals surface area contributed by atoms with Crippen LogP contribution in [-0.4, -0.2) is 38.9 Å². The average molecular weight is 549 g/mol. The smallest absolute Gasteiger partial charge is 0.339 e. The molecular formula is C25H17F6N5O3. The molecule has 1 saturated carbocycles. The molecule has 39 heavy (non-hydrogen) atoms. The molecule has 2 aromatic carbocycles. The summed E-state index contributed by atoms with van der Waals surface area (Å²) < 4.78 is 84.6. The van der Waals surface area contributed by atoms with Crippen molar-refractivity contribution in [2.45, 2.75) is 43.4 Å². The molecule has 0 atom stereocenters. The van der Waals surface area contributed by atoms with Crippen LogP contribution in [0.5, 0.6) is 0 Å². The molecule has 1 aliphatic carbocycles. The van der Waals surface area contributed by atoms with Crippen molar-refractivity contribution < 1.29 is 40.5 Å². The van der Waals surface area contributed by atoms with Crippen LogP contribution < -0.4 is 4.90 Å². The number of nitriles is 1. The van der Waals surface area contributed by atoms with Crippen LogP contribution in [0.1, 0.15) is 53.6 Å². The molecule has 2 heterocycles. The van der Waals surface area contributed by atoms with Gasteiger partial charge in [-0.3, -0.25) is 14.5 Å². The lowest BCUT2D eigenvalue weighted by molar-refractivity contribution is -0.160. The minimum Gasteiger partial charge on any atom is -0.339 e. The first-order valence-corrected chi connectivity index (χ1v) is 11.5. The number of hydrogen-bond acceptors (Lipinski definition) is 6. The van der Waals surface area contributed by atoms with Crippen LogP contribution in [0.25, 0.3) is 0 Å². The number of amides is 2. The normalized spacial score (nSPS) is 21.4. The van der Waals surface area contributed by atoms with Crippen molar-refractivity contribution in [1.29, 1.82) is 5.26 Å². The Hall–Kier alpha value is -4.41. The predicted molar refractivity (Wildman–Crippen MR) is 119 cm³/mol. The van der Waals surface area contributed by atoms with Crippen LogP contribution in [0.2, 0.25) is 0 Å². The van der Waals surface area contributed by atoms with E-state index in [9.17, 15) is 35.9 Å². The second-order valence-corrected chi connectivity index (χ2v) is 9.27. The third-order valence-corrected chi connectivity index (χ3v) is 6.91. The summed E-state index contributed by atoms with van der Waals surface area (Å²) >= 11 is 0. The molecule has 2 aliphatic rings. The molecular weight excluding hydrogens is 532 g/mol. The summed E-state index contributed by atoms with van der Waals surface area (Å²) in [5.74, 6) is -3.87. The highest BCUT2D eigenvalue weighted by molar-refractivity contribution is 6.10. The summed E-state index contributed by atoms with van der Waals surface area (Å²) in [5, 5.41) is 12.2. The molecule has 3 aromatic rings. The Labute approximate surface area is 216 Å². The monoisotopic (exact) mass is 549 g/mol. The molecule has 2 amide bonds. The Kier molecular flexibility index (Phi) is 6.32. The number of piperazine rings is 1. The molecule has 14 heteroatoms. The molecule has 1 aromatic heterocycles. The number of nitrogens with zero attached hydrogens (tertiary/aromatic N) is 5. The van der Waals surface area contributed by atoms with Gasteiger partial charge in [0.15, 0.2) is 0 Å². The number of rotatable bonds is 5. The molecule has 1 aliphatic heterocycles. The number of benzene rings is 2. The van der Waals surface area contributed by atoms with Gasteiger partial charge in [-0.1, -0.05) is 17.3 Å².